The van der Waals surface area contributed by atoms with E-state index in [-0.39, 0.29) is 18.3 Å². The molecule has 0 fully saturated rings. The summed E-state index contributed by atoms with van der Waals surface area (Å²) >= 11 is 0. The molecule has 30 heavy (non-hydrogen) atoms. The molecule has 1 N–H and O–H groups in total. The van der Waals surface area contributed by atoms with E-state index in [0.717, 1.165) is 10.1 Å². The number of fused-ring (bicyclic) bond motifs is 1. The average Bonchev–Trinajstić information content (AvgIpc) is 3.17. The maximum absolute atomic E-state index is 13.0. The second-order valence-corrected chi connectivity index (χ2v) is 7.09. The highest BCUT2D eigenvalue weighted by atomic mass is 19.1. The normalized spacial score (nSPS) is 11.4. The van der Waals surface area contributed by atoms with Crippen molar-refractivity contribution in [1.29, 1.82) is 0 Å². The number of hydrogen-bond acceptors (Lipinski definition) is 5. The van der Waals surface area contributed by atoms with Crippen molar-refractivity contribution in [2.45, 2.75) is 20.0 Å². The Morgan fingerprint density at radius 1 is 1.17 bits per heavy atom. The molecular weight excluding hydrogens is 391 g/mol. The van der Waals surface area contributed by atoms with Crippen molar-refractivity contribution < 1.29 is 9.18 Å². The molecule has 10 heteroatoms. The van der Waals surface area contributed by atoms with E-state index in [1.807, 2.05) is 11.8 Å². The second kappa shape index (κ2) is 9.04. The van der Waals surface area contributed by atoms with Gasteiger partial charge in [-0.2, -0.15) is 0 Å². The van der Waals surface area contributed by atoms with Crippen LogP contribution >= 0.6 is 0 Å². The minimum absolute atomic E-state index is 0.144. The van der Waals surface area contributed by atoms with E-state index in [4.69, 9.17) is 0 Å². The van der Waals surface area contributed by atoms with E-state index in [1.54, 1.807) is 23.7 Å². The largest absolute Gasteiger partial charge is 0.351 e. The van der Waals surface area contributed by atoms with E-state index in [0.29, 0.717) is 37.3 Å². The van der Waals surface area contributed by atoms with Gasteiger partial charge >= 0.3 is 5.69 Å². The number of imidazole rings is 1. The molecule has 0 aliphatic rings. The molecule has 3 aromatic rings. The molecule has 0 saturated heterocycles. The van der Waals surface area contributed by atoms with Gasteiger partial charge in [-0.05, 0) is 24.2 Å². The van der Waals surface area contributed by atoms with Gasteiger partial charge in [-0.3, -0.25) is 23.6 Å². The molecule has 0 spiro atoms. The number of benzene rings is 1. The van der Waals surface area contributed by atoms with Crippen LogP contribution in [0, 0.1) is 5.82 Å². The fourth-order valence-corrected chi connectivity index (χ4v) is 3.23. The zero-order chi connectivity index (χ0) is 21.8. The molecule has 160 valence electrons. The highest BCUT2D eigenvalue weighted by Gasteiger charge is 2.15. The van der Waals surface area contributed by atoms with Gasteiger partial charge in [0.1, 0.15) is 5.82 Å². The van der Waals surface area contributed by atoms with Crippen molar-refractivity contribution in [1.82, 2.24) is 28.9 Å². The van der Waals surface area contributed by atoms with E-state index in [9.17, 15) is 18.8 Å². The van der Waals surface area contributed by atoms with Gasteiger partial charge in [-0.15, -0.1) is 0 Å². The van der Waals surface area contributed by atoms with E-state index >= 15 is 0 Å². The number of aryl methyl sites for hydroxylation is 1. The summed E-state index contributed by atoms with van der Waals surface area (Å²) < 4.78 is 17.1. The third-order valence-electron chi connectivity index (χ3n) is 5.09. The van der Waals surface area contributed by atoms with Crippen molar-refractivity contribution in [2.75, 3.05) is 19.6 Å². The number of nitrogens with one attached hydrogen (secondary N) is 1. The van der Waals surface area contributed by atoms with Gasteiger partial charge in [0, 0.05) is 33.7 Å². The fraction of sp³-hybridized carbons (Fsp3) is 0.400. The molecule has 1 aromatic carbocycles. The van der Waals surface area contributed by atoms with Gasteiger partial charge in [-0.1, -0.05) is 19.1 Å². The SMILES string of the molecule is CCN(CCn1cnc2c1c(=O)n(C)c(=O)n2C)CC(=O)NCc1ccc(F)cc1. The maximum atomic E-state index is 13.0. The van der Waals surface area contributed by atoms with Crippen LogP contribution < -0.4 is 16.6 Å². The molecule has 0 bridgehead atoms. The van der Waals surface area contributed by atoms with Crippen molar-refractivity contribution >= 4 is 17.1 Å². The minimum Gasteiger partial charge on any atom is -0.351 e. The number of aromatic nitrogens is 4. The first-order chi connectivity index (χ1) is 14.3. The molecule has 0 aliphatic heterocycles. The number of amides is 1. The van der Waals surface area contributed by atoms with Crippen LogP contribution in [0.2, 0.25) is 0 Å². The lowest BCUT2D eigenvalue weighted by molar-refractivity contribution is -0.122. The van der Waals surface area contributed by atoms with Crippen LogP contribution in [0.4, 0.5) is 4.39 Å². The molecule has 0 atom stereocenters. The Morgan fingerprint density at radius 3 is 2.53 bits per heavy atom. The summed E-state index contributed by atoms with van der Waals surface area (Å²) in [5.74, 6) is -0.459. The molecular formula is C20H25FN6O3. The first kappa shape index (κ1) is 21.4. The number of likely N-dealkylation sites (N-methyl/N-ethyl adjacent to an activating group) is 1. The summed E-state index contributed by atoms with van der Waals surface area (Å²) in [7, 11) is 3.01. The smallest absolute Gasteiger partial charge is 0.332 e. The van der Waals surface area contributed by atoms with Crippen molar-refractivity contribution in [3.63, 3.8) is 0 Å². The Bertz CT molecular complexity index is 1160. The van der Waals surface area contributed by atoms with Gasteiger partial charge in [0.2, 0.25) is 5.91 Å². The number of carbonyl (C=O) groups is 1. The molecule has 1 amide bonds. The van der Waals surface area contributed by atoms with Crippen LogP contribution in [-0.4, -0.2) is 49.1 Å². The highest BCUT2D eigenvalue weighted by Crippen LogP contribution is 2.06. The van der Waals surface area contributed by atoms with Crippen LogP contribution in [-0.2, 0) is 32.0 Å². The van der Waals surface area contributed by atoms with Crippen molar-refractivity contribution in [2.24, 2.45) is 14.1 Å². The number of halogens is 1. The summed E-state index contributed by atoms with van der Waals surface area (Å²) in [6.07, 6.45) is 1.54. The van der Waals surface area contributed by atoms with Crippen LogP contribution in [0.1, 0.15) is 12.5 Å². The van der Waals surface area contributed by atoms with E-state index in [1.165, 1.54) is 30.1 Å². The first-order valence-corrected chi connectivity index (χ1v) is 9.66. The van der Waals surface area contributed by atoms with Gasteiger partial charge in [-0.25, -0.2) is 14.2 Å². The molecule has 0 saturated carbocycles. The van der Waals surface area contributed by atoms with Gasteiger partial charge in [0.25, 0.3) is 5.56 Å². The third kappa shape index (κ3) is 4.48. The van der Waals surface area contributed by atoms with Crippen LogP contribution in [0.25, 0.3) is 11.2 Å². The predicted octanol–water partition coefficient (Wildman–Crippen LogP) is 0.211. The Morgan fingerprint density at radius 2 is 1.87 bits per heavy atom. The zero-order valence-electron chi connectivity index (χ0n) is 17.3. The summed E-state index contributed by atoms with van der Waals surface area (Å²) in [6, 6.07) is 5.97. The van der Waals surface area contributed by atoms with Gasteiger partial charge in [0.05, 0.1) is 12.9 Å². The van der Waals surface area contributed by atoms with Crippen LogP contribution in [0.5, 0.6) is 0 Å². The summed E-state index contributed by atoms with van der Waals surface area (Å²) in [5, 5.41) is 2.82. The summed E-state index contributed by atoms with van der Waals surface area (Å²) in [6.45, 7) is 4.09. The first-order valence-electron chi connectivity index (χ1n) is 9.66. The summed E-state index contributed by atoms with van der Waals surface area (Å²) in [4.78, 5) is 43.0. The van der Waals surface area contributed by atoms with Gasteiger partial charge in [0.15, 0.2) is 11.2 Å². The average molecular weight is 416 g/mol. The second-order valence-electron chi connectivity index (χ2n) is 7.09. The lowest BCUT2D eigenvalue weighted by Gasteiger charge is -2.20. The molecule has 2 heterocycles. The van der Waals surface area contributed by atoms with Crippen LogP contribution in [0.15, 0.2) is 40.2 Å². The molecule has 3 rings (SSSR count). The number of nitrogens with zero attached hydrogens (tertiary/aromatic N) is 5. The molecule has 0 radical (unpaired) electrons. The number of rotatable bonds is 8. The van der Waals surface area contributed by atoms with Crippen molar-refractivity contribution in [3.8, 4) is 0 Å². The Labute approximate surface area is 172 Å². The predicted molar refractivity (Wildman–Crippen MR) is 111 cm³/mol. The lowest BCUT2D eigenvalue weighted by Crippen LogP contribution is -2.39. The van der Waals surface area contributed by atoms with Crippen LogP contribution in [0.3, 0.4) is 0 Å². The standard InChI is InChI=1S/C20H25FN6O3/c1-4-26(12-16(28)22-11-14-5-7-15(21)8-6-14)9-10-27-13-23-18-17(27)19(29)25(3)20(30)24(18)2/h5-8,13H,4,9-12H2,1-3H3,(H,22,28). The molecule has 0 aliphatic carbocycles. The third-order valence-corrected chi connectivity index (χ3v) is 5.09. The molecule has 2 aromatic heterocycles. The fourth-order valence-electron chi connectivity index (χ4n) is 3.23. The molecule has 9 nitrogen and oxygen atoms in total. The Hall–Kier alpha value is -3.27. The monoisotopic (exact) mass is 416 g/mol. The minimum atomic E-state index is -0.425. The van der Waals surface area contributed by atoms with Crippen molar-refractivity contribution in [3.05, 3.63) is 62.8 Å². The lowest BCUT2D eigenvalue weighted by atomic mass is 10.2. The van der Waals surface area contributed by atoms with E-state index in [2.05, 4.69) is 10.3 Å². The highest BCUT2D eigenvalue weighted by molar-refractivity contribution is 5.78. The Kier molecular flexibility index (Phi) is 6.46. The molecule has 0 unspecified atom stereocenters. The number of carbonyl (C=O) groups excluding carboxylic acids is 1. The Balaban J connectivity index is 1.63. The summed E-state index contributed by atoms with van der Waals surface area (Å²) in [5.41, 5.74) is 0.690. The quantitative estimate of drug-likeness (QED) is 0.567. The van der Waals surface area contributed by atoms with E-state index < -0.39 is 11.2 Å². The maximum Gasteiger partial charge on any atom is 0.332 e. The zero-order valence-corrected chi connectivity index (χ0v) is 17.3. The number of hydrogen-bond donors (Lipinski definition) is 1. The van der Waals surface area contributed by atoms with Gasteiger partial charge < -0.3 is 9.88 Å². The topological polar surface area (TPSA) is 94.2 Å².